The van der Waals surface area contributed by atoms with Crippen molar-refractivity contribution in [2.24, 2.45) is 5.92 Å². The molecule has 0 saturated heterocycles. The highest BCUT2D eigenvalue weighted by Crippen LogP contribution is 2.05. The molecule has 0 aliphatic heterocycles. The molecule has 0 bridgehead atoms. The number of aliphatic carboxylic acids is 1. The van der Waals surface area contributed by atoms with E-state index in [1.807, 2.05) is 17.7 Å². The third-order valence-electron chi connectivity index (χ3n) is 2.90. The summed E-state index contributed by atoms with van der Waals surface area (Å²) in [6.45, 7) is 10.7. The van der Waals surface area contributed by atoms with E-state index in [-0.39, 0.29) is 5.92 Å². The van der Waals surface area contributed by atoms with Crippen LogP contribution >= 0.6 is 0 Å². The lowest BCUT2D eigenvalue weighted by Crippen LogP contribution is -2.34. The third-order valence-corrected chi connectivity index (χ3v) is 2.90. The van der Waals surface area contributed by atoms with Gasteiger partial charge in [0.15, 0.2) is 0 Å². The molecule has 0 amide bonds. The number of aryl methyl sites for hydroxylation is 1. The summed E-state index contributed by atoms with van der Waals surface area (Å²) in [6.07, 6.45) is 6.46. The van der Waals surface area contributed by atoms with Crippen LogP contribution in [0.25, 0.3) is 0 Å². The molecule has 0 spiro atoms. The Morgan fingerprint density at radius 2 is 2.32 bits per heavy atom. The van der Waals surface area contributed by atoms with Crippen molar-refractivity contribution in [3.8, 4) is 0 Å². The van der Waals surface area contributed by atoms with Crippen LogP contribution in [-0.4, -0.2) is 45.2 Å². The Bertz CT molecular complexity index is 401. The summed E-state index contributed by atoms with van der Waals surface area (Å²) >= 11 is 0. The average Bonchev–Trinajstić information content (AvgIpc) is 2.80. The van der Waals surface area contributed by atoms with Gasteiger partial charge < -0.3 is 9.67 Å². The molecule has 0 fully saturated rings. The number of hydrogen-bond acceptors (Lipinski definition) is 3. The zero-order valence-corrected chi connectivity index (χ0v) is 11.7. The predicted octanol–water partition coefficient (Wildman–Crippen LogP) is 1.87. The number of carboxylic acids is 1. The van der Waals surface area contributed by atoms with Gasteiger partial charge in [-0.2, -0.15) is 0 Å². The molecule has 0 radical (unpaired) electrons. The molecule has 1 aromatic heterocycles. The Balaban J connectivity index is 2.40. The Kier molecular flexibility index (Phi) is 6.29. The maximum Gasteiger partial charge on any atom is 0.307 e. The lowest BCUT2D eigenvalue weighted by atomic mass is 10.1. The number of aromatic nitrogens is 2. The zero-order chi connectivity index (χ0) is 14.3. The van der Waals surface area contributed by atoms with Gasteiger partial charge in [-0.15, -0.1) is 0 Å². The molecule has 1 N–H and O–H groups in total. The minimum atomic E-state index is -0.749. The van der Waals surface area contributed by atoms with Crippen molar-refractivity contribution in [3.05, 3.63) is 30.9 Å². The Morgan fingerprint density at radius 3 is 2.84 bits per heavy atom. The molecule has 0 aliphatic carbocycles. The van der Waals surface area contributed by atoms with Crippen LogP contribution in [0, 0.1) is 5.92 Å². The summed E-state index contributed by atoms with van der Waals surface area (Å²) < 4.78 is 2.03. The standard InChI is InChI=1S/C14H23N3O2/c1-12(2)9-17(10-13(3)14(18)19)7-4-6-16-8-5-15-11-16/h5,8,11,13H,1,4,6-7,9-10H2,2-3H3,(H,18,19). The molecular weight excluding hydrogens is 242 g/mol. The summed E-state index contributed by atoms with van der Waals surface area (Å²) in [5.41, 5.74) is 1.06. The van der Waals surface area contributed by atoms with Gasteiger partial charge in [0, 0.05) is 38.6 Å². The molecule has 106 valence electrons. The Labute approximate surface area is 114 Å². The van der Waals surface area contributed by atoms with E-state index in [1.165, 1.54) is 0 Å². The number of carbonyl (C=O) groups is 1. The van der Waals surface area contributed by atoms with E-state index in [0.717, 1.165) is 31.6 Å². The second-order valence-electron chi connectivity index (χ2n) is 5.09. The maximum absolute atomic E-state index is 10.9. The van der Waals surface area contributed by atoms with Crippen molar-refractivity contribution < 1.29 is 9.90 Å². The lowest BCUT2D eigenvalue weighted by molar-refractivity contribution is -0.141. The van der Waals surface area contributed by atoms with E-state index < -0.39 is 5.97 Å². The maximum atomic E-state index is 10.9. The van der Waals surface area contributed by atoms with Crippen molar-refractivity contribution in [1.29, 1.82) is 0 Å². The van der Waals surface area contributed by atoms with Gasteiger partial charge in [0.2, 0.25) is 0 Å². The molecule has 0 aromatic carbocycles. The quantitative estimate of drug-likeness (QED) is 0.693. The highest BCUT2D eigenvalue weighted by atomic mass is 16.4. The van der Waals surface area contributed by atoms with Crippen LogP contribution in [0.1, 0.15) is 20.3 Å². The smallest absolute Gasteiger partial charge is 0.307 e. The molecule has 5 nitrogen and oxygen atoms in total. The summed E-state index contributed by atoms with van der Waals surface area (Å²) in [4.78, 5) is 17.1. The highest BCUT2D eigenvalue weighted by molar-refractivity contribution is 5.69. The molecule has 1 atom stereocenters. The monoisotopic (exact) mass is 265 g/mol. The van der Waals surface area contributed by atoms with Gasteiger partial charge in [0.05, 0.1) is 12.2 Å². The largest absolute Gasteiger partial charge is 0.481 e. The first-order valence-electron chi connectivity index (χ1n) is 6.54. The van der Waals surface area contributed by atoms with Gasteiger partial charge in [-0.3, -0.25) is 9.69 Å². The van der Waals surface area contributed by atoms with Gasteiger partial charge in [0.25, 0.3) is 0 Å². The Morgan fingerprint density at radius 1 is 1.58 bits per heavy atom. The minimum absolute atomic E-state index is 0.354. The van der Waals surface area contributed by atoms with E-state index >= 15 is 0 Å². The summed E-state index contributed by atoms with van der Waals surface area (Å²) in [7, 11) is 0. The van der Waals surface area contributed by atoms with Crippen molar-refractivity contribution in [2.75, 3.05) is 19.6 Å². The summed E-state index contributed by atoms with van der Waals surface area (Å²) in [5.74, 6) is -1.10. The van der Waals surface area contributed by atoms with Gasteiger partial charge in [-0.1, -0.05) is 19.1 Å². The molecule has 1 unspecified atom stereocenters. The second-order valence-corrected chi connectivity index (χ2v) is 5.09. The van der Waals surface area contributed by atoms with Crippen molar-refractivity contribution in [3.63, 3.8) is 0 Å². The van der Waals surface area contributed by atoms with E-state index in [2.05, 4.69) is 16.5 Å². The fraction of sp³-hybridized carbons (Fsp3) is 0.571. The number of hydrogen-bond donors (Lipinski definition) is 1. The van der Waals surface area contributed by atoms with E-state index in [4.69, 9.17) is 5.11 Å². The van der Waals surface area contributed by atoms with Crippen molar-refractivity contribution in [1.82, 2.24) is 14.5 Å². The number of nitrogens with zero attached hydrogens (tertiary/aromatic N) is 3. The van der Waals surface area contributed by atoms with E-state index in [9.17, 15) is 4.79 Å². The van der Waals surface area contributed by atoms with Crippen LogP contribution in [0.4, 0.5) is 0 Å². The molecule has 1 heterocycles. The first kappa shape index (κ1) is 15.4. The first-order valence-corrected chi connectivity index (χ1v) is 6.54. The van der Waals surface area contributed by atoms with Crippen LogP contribution in [0.3, 0.4) is 0 Å². The van der Waals surface area contributed by atoms with Gasteiger partial charge >= 0.3 is 5.97 Å². The van der Waals surface area contributed by atoms with E-state index in [0.29, 0.717) is 6.54 Å². The van der Waals surface area contributed by atoms with Crippen LogP contribution in [-0.2, 0) is 11.3 Å². The second kappa shape index (κ2) is 7.74. The molecular formula is C14H23N3O2. The fourth-order valence-electron chi connectivity index (χ4n) is 1.98. The molecule has 0 aliphatic rings. The molecule has 5 heteroatoms. The van der Waals surface area contributed by atoms with Crippen LogP contribution < -0.4 is 0 Å². The van der Waals surface area contributed by atoms with Crippen LogP contribution in [0.2, 0.25) is 0 Å². The minimum Gasteiger partial charge on any atom is -0.481 e. The molecule has 19 heavy (non-hydrogen) atoms. The zero-order valence-electron chi connectivity index (χ0n) is 11.7. The summed E-state index contributed by atoms with van der Waals surface area (Å²) in [5, 5.41) is 8.98. The first-order chi connectivity index (χ1) is 8.99. The predicted molar refractivity (Wildman–Crippen MR) is 74.9 cm³/mol. The van der Waals surface area contributed by atoms with Crippen molar-refractivity contribution in [2.45, 2.75) is 26.8 Å². The van der Waals surface area contributed by atoms with Gasteiger partial charge in [-0.25, -0.2) is 4.98 Å². The molecule has 0 saturated carbocycles. The SMILES string of the molecule is C=C(C)CN(CCCn1ccnc1)CC(C)C(=O)O. The van der Waals surface area contributed by atoms with Gasteiger partial charge in [-0.05, 0) is 13.3 Å². The van der Waals surface area contributed by atoms with E-state index in [1.54, 1.807) is 19.4 Å². The molecule has 1 rings (SSSR count). The van der Waals surface area contributed by atoms with Gasteiger partial charge in [0.1, 0.15) is 0 Å². The highest BCUT2D eigenvalue weighted by Gasteiger charge is 2.15. The van der Waals surface area contributed by atoms with Crippen LogP contribution in [0.15, 0.2) is 30.9 Å². The Hall–Kier alpha value is -1.62. The number of rotatable bonds is 9. The topological polar surface area (TPSA) is 58.4 Å². The number of carboxylic acid groups (broad SMARTS) is 1. The normalized spacial score (nSPS) is 12.6. The average molecular weight is 265 g/mol. The lowest BCUT2D eigenvalue weighted by Gasteiger charge is -2.24. The summed E-state index contributed by atoms with van der Waals surface area (Å²) in [6, 6.07) is 0. The van der Waals surface area contributed by atoms with Crippen molar-refractivity contribution >= 4 is 5.97 Å². The number of imidazole rings is 1. The third kappa shape index (κ3) is 6.20. The molecule has 1 aromatic rings. The van der Waals surface area contributed by atoms with Crippen LogP contribution in [0.5, 0.6) is 0 Å². The fourth-order valence-corrected chi connectivity index (χ4v) is 1.98.